The third-order valence-corrected chi connectivity index (χ3v) is 2.58. The molecule has 0 saturated heterocycles. The Bertz CT molecular complexity index is 202. The van der Waals surface area contributed by atoms with Crippen LogP contribution in [0.15, 0.2) is 0 Å². The zero-order valence-electron chi connectivity index (χ0n) is 6.49. The van der Waals surface area contributed by atoms with Crippen molar-refractivity contribution in [2.24, 2.45) is 0 Å². The summed E-state index contributed by atoms with van der Waals surface area (Å²) in [7, 11) is -4.12. The van der Waals surface area contributed by atoms with Crippen molar-refractivity contribution in [3.05, 3.63) is 0 Å². The third kappa shape index (κ3) is 3.91. The molecule has 6 heteroatoms. The fourth-order valence-electron chi connectivity index (χ4n) is 0.697. The van der Waals surface area contributed by atoms with E-state index in [4.69, 9.17) is 16.2 Å². The van der Waals surface area contributed by atoms with Crippen LogP contribution in [0.3, 0.4) is 0 Å². The Morgan fingerprint density at radius 1 is 1.64 bits per heavy atom. The Hall–Kier alpha value is 0.160. The highest BCUT2D eigenvalue weighted by molar-refractivity contribution is 7.83. The monoisotopic (exact) mass is 201 g/mol. The number of hydrogen-bond donors (Lipinski definition) is 1. The topological polar surface area (TPSA) is 57.6 Å². The molecule has 1 atom stereocenters. The molecule has 0 bridgehead atoms. The molecule has 4 nitrogen and oxygen atoms in total. The predicted octanol–water partition coefficient (Wildman–Crippen LogP) is 1.09. The fourth-order valence-corrected chi connectivity index (χ4v) is 1.88. The highest BCUT2D eigenvalue weighted by Crippen LogP contribution is 2.08. The van der Waals surface area contributed by atoms with Gasteiger partial charge in [-0.2, -0.15) is 12.7 Å². The normalized spacial score (nSPS) is 15.4. The molecule has 0 saturated carbocycles. The summed E-state index contributed by atoms with van der Waals surface area (Å²) in [6.07, 6.45) is 0.622. The van der Waals surface area contributed by atoms with Crippen LogP contribution in [0.25, 0.3) is 0 Å². The number of rotatable bonds is 4. The van der Waals surface area contributed by atoms with Crippen LogP contribution < -0.4 is 0 Å². The van der Waals surface area contributed by atoms with E-state index in [9.17, 15) is 8.42 Å². The van der Waals surface area contributed by atoms with Gasteiger partial charge in [-0.3, -0.25) is 4.55 Å². The lowest BCUT2D eigenvalue weighted by Gasteiger charge is -2.19. The molecule has 0 aliphatic rings. The van der Waals surface area contributed by atoms with Gasteiger partial charge in [0, 0.05) is 6.54 Å². The van der Waals surface area contributed by atoms with Crippen molar-refractivity contribution in [1.29, 1.82) is 0 Å². The van der Waals surface area contributed by atoms with Gasteiger partial charge in [0.2, 0.25) is 0 Å². The lowest BCUT2D eigenvalue weighted by molar-refractivity contribution is 0.343. The number of nitrogens with zero attached hydrogens (tertiary/aromatic N) is 1. The molecule has 11 heavy (non-hydrogen) atoms. The molecule has 0 aliphatic carbocycles. The molecule has 0 aromatic heterocycles. The van der Waals surface area contributed by atoms with Crippen LogP contribution in [0.1, 0.15) is 20.3 Å². The quantitative estimate of drug-likeness (QED) is 0.421. The van der Waals surface area contributed by atoms with Gasteiger partial charge in [-0.25, -0.2) is 0 Å². The Labute approximate surface area is 72.0 Å². The summed E-state index contributed by atoms with van der Waals surface area (Å²) in [5, 5.41) is 0. The maximum Gasteiger partial charge on any atom is 0.337 e. The SMILES string of the molecule is CCCN(C(C)Cl)S(=O)(=O)O. The standard InChI is InChI=1S/C5H12ClNO3S/c1-3-4-7(5(2)6)11(8,9)10/h5H,3-4H2,1-2H3,(H,8,9,10). The second-order valence-electron chi connectivity index (χ2n) is 2.16. The largest absolute Gasteiger partial charge is 0.337 e. The molecule has 0 fully saturated rings. The van der Waals surface area contributed by atoms with Gasteiger partial charge < -0.3 is 0 Å². The first-order chi connectivity index (χ1) is 4.89. The van der Waals surface area contributed by atoms with Crippen LogP contribution in [0.5, 0.6) is 0 Å². The zero-order chi connectivity index (χ0) is 9.07. The highest BCUT2D eigenvalue weighted by atomic mass is 35.5. The van der Waals surface area contributed by atoms with Crippen molar-refractivity contribution in [1.82, 2.24) is 4.31 Å². The van der Waals surface area contributed by atoms with E-state index >= 15 is 0 Å². The third-order valence-electron chi connectivity index (χ3n) is 1.14. The summed E-state index contributed by atoms with van der Waals surface area (Å²) in [4.78, 5) is 0. The fraction of sp³-hybridized carbons (Fsp3) is 1.00. The first-order valence-corrected chi connectivity index (χ1v) is 5.11. The Kier molecular flexibility index (Phi) is 4.31. The van der Waals surface area contributed by atoms with Crippen molar-refractivity contribution in [2.45, 2.75) is 25.8 Å². The summed E-state index contributed by atoms with van der Waals surface area (Å²) in [6.45, 7) is 3.53. The molecule has 0 aromatic rings. The molecular formula is C5H12ClNO3S. The van der Waals surface area contributed by atoms with E-state index < -0.39 is 15.8 Å². The van der Waals surface area contributed by atoms with Crippen LogP contribution in [-0.2, 0) is 10.3 Å². The molecule has 0 radical (unpaired) electrons. The molecule has 0 heterocycles. The molecule has 0 amide bonds. The summed E-state index contributed by atoms with van der Waals surface area (Å²) in [6, 6.07) is 0. The van der Waals surface area contributed by atoms with Crippen molar-refractivity contribution in [3.63, 3.8) is 0 Å². The Morgan fingerprint density at radius 3 is 2.18 bits per heavy atom. The first-order valence-electron chi connectivity index (χ1n) is 3.28. The Morgan fingerprint density at radius 2 is 2.09 bits per heavy atom. The van der Waals surface area contributed by atoms with Crippen LogP contribution in [0.4, 0.5) is 0 Å². The second-order valence-corrected chi connectivity index (χ2v) is 4.16. The van der Waals surface area contributed by atoms with Gasteiger partial charge in [-0.05, 0) is 13.3 Å². The smallest absolute Gasteiger partial charge is 0.273 e. The number of halogens is 1. The van der Waals surface area contributed by atoms with E-state index in [1.165, 1.54) is 6.92 Å². The summed E-state index contributed by atoms with van der Waals surface area (Å²) in [5.74, 6) is 0. The zero-order valence-corrected chi connectivity index (χ0v) is 8.06. The average Bonchev–Trinajstić information content (AvgIpc) is 1.79. The van der Waals surface area contributed by atoms with Crippen LogP contribution >= 0.6 is 11.6 Å². The first kappa shape index (κ1) is 11.2. The van der Waals surface area contributed by atoms with E-state index in [0.29, 0.717) is 6.42 Å². The lowest BCUT2D eigenvalue weighted by Crippen LogP contribution is -2.35. The minimum absolute atomic E-state index is 0.240. The van der Waals surface area contributed by atoms with Gasteiger partial charge in [0.1, 0.15) is 0 Å². The minimum Gasteiger partial charge on any atom is -0.273 e. The predicted molar refractivity (Wildman–Crippen MR) is 43.9 cm³/mol. The second kappa shape index (κ2) is 4.25. The van der Waals surface area contributed by atoms with Gasteiger partial charge in [0.25, 0.3) is 0 Å². The van der Waals surface area contributed by atoms with Crippen molar-refractivity contribution < 1.29 is 13.0 Å². The molecular weight excluding hydrogens is 190 g/mol. The molecule has 0 aliphatic heterocycles. The highest BCUT2D eigenvalue weighted by Gasteiger charge is 2.21. The van der Waals surface area contributed by atoms with Crippen molar-refractivity contribution >= 4 is 21.9 Å². The molecule has 68 valence electrons. The number of hydrogen-bond acceptors (Lipinski definition) is 2. The van der Waals surface area contributed by atoms with Crippen molar-refractivity contribution in [3.8, 4) is 0 Å². The maximum absolute atomic E-state index is 10.6. The van der Waals surface area contributed by atoms with Crippen LogP contribution in [0.2, 0.25) is 0 Å². The van der Waals surface area contributed by atoms with Gasteiger partial charge in [0.15, 0.2) is 0 Å². The minimum atomic E-state index is -4.12. The summed E-state index contributed by atoms with van der Waals surface area (Å²) >= 11 is 5.49. The van der Waals surface area contributed by atoms with Crippen molar-refractivity contribution in [2.75, 3.05) is 6.54 Å². The van der Waals surface area contributed by atoms with E-state index in [-0.39, 0.29) is 6.54 Å². The van der Waals surface area contributed by atoms with E-state index in [2.05, 4.69) is 0 Å². The van der Waals surface area contributed by atoms with Crippen LogP contribution in [0, 0.1) is 0 Å². The van der Waals surface area contributed by atoms with Gasteiger partial charge in [0.05, 0.1) is 5.50 Å². The molecule has 1 N–H and O–H groups in total. The summed E-state index contributed by atoms with van der Waals surface area (Å²) in [5.41, 5.74) is -0.704. The maximum atomic E-state index is 10.6. The van der Waals surface area contributed by atoms with E-state index in [0.717, 1.165) is 4.31 Å². The van der Waals surface area contributed by atoms with Gasteiger partial charge >= 0.3 is 10.3 Å². The van der Waals surface area contributed by atoms with Gasteiger partial charge in [-0.1, -0.05) is 6.92 Å². The average molecular weight is 202 g/mol. The summed E-state index contributed by atoms with van der Waals surface area (Å²) < 4.78 is 30.5. The molecule has 0 aromatic carbocycles. The lowest BCUT2D eigenvalue weighted by atomic mass is 10.5. The van der Waals surface area contributed by atoms with E-state index in [1.54, 1.807) is 6.92 Å². The van der Waals surface area contributed by atoms with E-state index in [1.807, 2.05) is 0 Å². The number of alkyl halides is 1. The molecule has 1 unspecified atom stereocenters. The van der Waals surface area contributed by atoms with Gasteiger partial charge in [-0.15, -0.1) is 11.6 Å². The molecule has 0 spiro atoms. The van der Waals surface area contributed by atoms with Crippen LogP contribution in [-0.4, -0.2) is 29.3 Å². The Balaban J connectivity index is 4.36. The molecule has 0 rings (SSSR count).